The van der Waals surface area contributed by atoms with Gasteiger partial charge in [0.25, 0.3) is 0 Å². The summed E-state index contributed by atoms with van der Waals surface area (Å²) >= 11 is 0. The number of hydrogen-bond acceptors (Lipinski definition) is 4. The van der Waals surface area contributed by atoms with Gasteiger partial charge < -0.3 is 18.9 Å². The first-order valence-corrected chi connectivity index (χ1v) is 9.91. The zero-order valence-corrected chi connectivity index (χ0v) is 14.3. The van der Waals surface area contributed by atoms with E-state index in [2.05, 4.69) is 6.92 Å². The molecule has 0 aromatic rings. The van der Waals surface area contributed by atoms with E-state index >= 15 is 0 Å². The van der Waals surface area contributed by atoms with Gasteiger partial charge in [0.2, 0.25) is 0 Å². The second-order valence-corrected chi connectivity index (χ2v) is 8.45. The second-order valence-electron chi connectivity index (χ2n) is 8.45. The molecule has 0 amide bonds. The molecule has 4 nitrogen and oxygen atoms in total. The molecular formula is C19H30O4. The molecule has 0 radical (unpaired) electrons. The molecule has 130 valence electrons. The van der Waals surface area contributed by atoms with Crippen LogP contribution in [-0.2, 0) is 18.9 Å². The number of rotatable bonds is 2. The lowest BCUT2D eigenvalue weighted by atomic mass is 9.76. The third kappa shape index (κ3) is 2.32. The Balaban J connectivity index is 1.36. The highest BCUT2D eigenvalue weighted by Gasteiger charge is 2.65. The van der Waals surface area contributed by atoms with E-state index in [4.69, 9.17) is 18.9 Å². The Bertz CT molecular complexity index is 460. The van der Waals surface area contributed by atoms with Crippen LogP contribution >= 0.6 is 0 Å². The zero-order valence-electron chi connectivity index (χ0n) is 14.3. The Morgan fingerprint density at radius 1 is 0.913 bits per heavy atom. The van der Waals surface area contributed by atoms with Gasteiger partial charge in [-0.25, -0.2) is 0 Å². The van der Waals surface area contributed by atoms with Gasteiger partial charge in [-0.2, -0.15) is 0 Å². The molecule has 3 heterocycles. The summed E-state index contributed by atoms with van der Waals surface area (Å²) in [6.07, 6.45) is 13.7. The maximum absolute atomic E-state index is 6.63. The molecule has 0 aromatic carbocycles. The van der Waals surface area contributed by atoms with E-state index in [0.717, 1.165) is 38.5 Å². The Labute approximate surface area is 139 Å². The quantitative estimate of drug-likeness (QED) is 0.776. The molecule has 2 bridgehead atoms. The van der Waals surface area contributed by atoms with Crippen LogP contribution in [0.15, 0.2) is 0 Å². The van der Waals surface area contributed by atoms with Gasteiger partial charge in [0, 0.05) is 25.7 Å². The van der Waals surface area contributed by atoms with Crippen LogP contribution in [0.25, 0.3) is 0 Å². The van der Waals surface area contributed by atoms with Crippen molar-refractivity contribution in [3.63, 3.8) is 0 Å². The van der Waals surface area contributed by atoms with Crippen molar-refractivity contribution >= 4 is 0 Å². The van der Waals surface area contributed by atoms with Crippen LogP contribution in [0, 0.1) is 0 Å². The van der Waals surface area contributed by atoms with Gasteiger partial charge in [-0.05, 0) is 32.1 Å². The summed E-state index contributed by atoms with van der Waals surface area (Å²) in [5, 5.41) is 0. The summed E-state index contributed by atoms with van der Waals surface area (Å²) in [7, 11) is 0. The minimum Gasteiger partial charge on any atom is -0.369 e. The van der Waals surface area contributed by atoms with E-state index in [1.807, 2.05) is 0 Å². The largest absolute Gasteiger partial charge is 0.369 e. The predicted molar refractivity (Wildman–Crippen MR) is 85.2 cm³/mol. The molecule has 2 aliphatic carbocycles. The van der Waals surface area contributed by atoms with Gasteiger partial charge in [-0.1, -0.05) is 19.8 Å². The predicted octanol–water partition coefficient (Wildman–Crippen LogP) is 3.71. The summed E-state index contributed by atoms with van der Waals surface area (Å²) in [5.41, 5.74) is -0.0898. The van der Waals surface area contributed by atoms with Crippen LogP contribution in [0.3, 0.4) is 0 Å². The van der Waals surface area contributed by atoms with Crippen LogP contribution in [0.1, 0.15) is 77.6 Å². The van der Waals surface area contributed by atoms with E-state index in [9.17, 15) is 0 Å². The highest BCUT2D eigenvalue weighted by molar-refractivity contribution is 5.12. The van der Waals surface area contributed by atoms with Crippen molar-refractivity contribution in [3.05, 3.63) is 0 Å². The lowest BCUT2D eigenvalue weighted by molar-refractivity contribution is -0.215. The Hall–Kier alpha value is -0.160. The average molecular weight is 322 g/mol. The molecule has 2 saturated carbocycles. The molecule has 5 rings (SSSR count). The third-order valence-electron chi connectivity index (χ3n) is 6.85. The van der Waals surface area contributed by atoms with Crippen LogP contribution in [-0.4, -0.2) is 41.9 Å². The topological polar surface area (TPSA) is 36.9 Å². The lowest BCUT2D eigenvalue weighted by Crippen LogP contribution is -2.53. The molecule has 5 fully saturated rings. The minimum absolute atomic E-state index is 0.0898. The monoisotopic (exact) mass is 322 g/mol. The van der Waals surface area contributed by atoms with Crippen molar-refractivity contribution in [1.82, 2.24) is 0 Å². The van der Waals surface area contributed by atoms with Crippen LogP contribution < -0.4 is 0 Å². The van der Waals surface area contributed by atoms with E-state index < -0.39 is 0 Å². The maximum Gasteiger partial charge on any atom is 0.169 e. The maximum atomic E-state index is 6.63. The molecular weight excluding hydrogens is 292 g/mol. The molecule has 5 aliphatic rings. The minimum atomic E-state index is -0.301. The number of ether oxygens (including phenoxy) is 4. The molecule has 0 aromatic heterocycles. The number of fused-ring (bicyclic) bond motifs is 3. The van der Waals surface area contributed by atoms with Crippen LogP contribution in [0.2, 0.25) is 0 Å². The van der Waals surface area contributed by atoms with Gasteiger partial charge in [-0.15, -0.1) is 0 Å². The van der Waals surface area contributed by atoms with Gasteiger partial charge in [-0.3, -0.25) is 0 Å². The second kappa shape index (κ2) is 5.42. The first kappa shape index (κ1) is 15.1. The summed E-state index contributed by atoms with van der Waals surface area (Å²) in [6, 6.07) is 0. The first-order valence-electron chi connectivity index (χ1n) is 9.91. The van der Waals surface area contributed by atoms with Crippen molar-refractivity contribution < 1.29 is 18.9 Å². The average Bonchev–Trinajstić information content (AvgIpc) is 3.04. The fourth-order valence-corrected chi connectivity index (χ4v) is 5.85. The van der Waals surface area contributed by atoms with Crippen molar-refractivity contribution in [1.29, 1.82) is 0 Å². The Morgan fingerprint density at radius 3 is 2.57 bits per heavy atom. The van der Waals surface area contributed by atoms with E-state index in [1.54, 1.807) is 0 Å². The molecule has 2 spiro atoms. The molecule has 23 heavy (non-hydrogen) atoms. The fourth-order valence-electron chi connectivity index (χ4n) is 5.85. The highest BCUT2D eigenvalue weighted by atomic mass is 16.8. The molecule has 3 saturated heterocycles. The summed E-state index contributed by atoms with van der Waals surface area (Å²) in [4.78, 5) is 0. The van der Waals surface area contributed by atoms with Gasteiger partial charge in [0.1, 0.15) is 6.10 Å². The van der Waals surface area contributed by atoms with E-state index in [1.165, 1.54) is 32.1 Å². The zero-order chi connectivity index (χ0) is 15.5. The van der Waals surface area contributed by atoms with Gasteiger partial charge in [0.15, 0.2) is 5.79 Å². The Kier molecular flexibility index (Phi) is 3.56. The first-order chi connectivity index (χ1) is 11.2. The Morgan fingerprint density at radius 2 is 1.74 bits per heavy atom. The smallest absolute Gasteiger partial charge is 0.169 e. The van der Waals surface area contributed by atoms with Crippen LogP contribution in [0.4, 0.5) is 0 Å². The SMILES string of the molecule is CCC[C@H]1CC[C@@H]2O[C@@H]3C[C@]2(C[C@H]2OC4(CCCCC4)OC32)O1. The molecule has 4 heteroatoms. The molecule has 0 N–H and O–H groups in total. The molecule has 1 unspecified atom stereocenters. The van der Waals surface area contributed by atoms with Crippen molar-refractivity contribution in [2.75, 3.05) is 0 Å². The van der Waals surface area contributed by atoms with Crippen molar-refractivity contribution in [3.8, 4) is 0 Å². The van der Waals surface area contributed by atoms with Crippen LogP contribution in [0.5, 0.6) is 0 Å². The standard InChI is InChI=1S/C19H30O4/c1-2-6-13-7-8-16-18(21-13)11-14(20-16)17-15(12-18)22-19(23-17)9-4-3-5-10-19/h13-17H,2-12H2,1H3/t13-,14+,15+,16-,17?,18+/m0/s1. The molecule has 3 aliphatic heterocycles. The van der Waals surface area contributed by atoms with Gasteiger partial charge in [0.05, 0.1) is 30.0 Å². The van der Waals surface area contributed by atoms with Crippen molar-refractivity contribution in [2.24, 2.45) is 0 Å². The van der Waals surface area contributed by atoms with Gasteiger partial charge >= 0.3 is 0 Å². The summed E-state index contributed by atoms with van der Waals surface area (Å²) < 4.78 is 26.1. The fraction of sp³-hybridized carbons (Fsp3) is 1.00. The molecule has 6 atom stereocenters. The van der Waals surface area contributed by atoms with E-state index in [0.29, 0.717) is 6.10 Å². The van der Waals surface area contributed by atoms with E-state index in [-0.39, 0.29) is 35.8 Å². The summed E-state index contributed by atoms with van der Waals surface area (Å²) in [6.45, 7) is 2.25. The third-order valence-corrected chi connectivity index (χ3v) is 6.85. The highest BCUT2D eigenvalue weighted by Crippen LogP contribution is 2.55. The van der Waals surface area contributed by atoms with Crippen molar-refractivity contribution in [2.45, 2.75) is 119 Å². The lowest BCUT2D eigenvalue weighted by Gasteiger charge is -2.44. The summed E-state index contributed by atoms with van der Waals surface area (Å²) in [5.74, 6) is -0.301. The normalized spacial score (nSPS) is 50.7. The number of hydrogen-bond donors (Lipinski definition) is 0.